The standard InChI is InChI=1S/C25H38O6.2C2H6/c1-9-29-22(26)19(6)31-24(28)25(7,8)17(4)10-11-20-12-14-21(15-13-20)23(27)30-18(5)16(2)3;2*1-2/h12-19H,9-11H2,1-8H3;2*1-2H3. The van der Waals surface area contributed by atoms with Crippen LogP contribution in [0.5, 0.6) is 0 Å². The third-order valence-corrected chi connectivity index (χ3v) is 5.95. The highest BCUT2D eigenvalue weighted by Crippen LogP contribution is 2.32. The second-order valence-electron chi connectivity index (χ2n) is 9.01. The van der Waals surface area contributed by atoms with Gasteiger partial charge in [0, 0.05) is 0 Å². The number of hydrogen-bond donors (Lipinski definition) is 0. The number of carbonyl (C=O) groups excluding carboxylic acids is 3. The minimum absolute atomic E-state index is 0.0194. The molecule has 0 fully saturated rings. The minimum Gasteiger partial charge on any atom is -0.463 e. The Hall–Kier alpha value is -2.37. The molecule has 0 aliphatic rings. The van der Waals surface area contributed by atoms with Gasteiger partial charge >= 0.3 is 17.9 Å². The molecule has 0 aliphatic heterocycles. The lowest BCUT2D eigenvalue weighted by molar-refractivity contribution is -0.174. The van der Waals surface area contributed by atoms with Gasteiger partial charge in [-0.2, -0.15) is 0 Å². The second-order valence-corrected chi connectivity index (χ2v) is 9.01. The van der Waals surface area contributed by atoms with E-state index < -0.39 is 23.5 Å². The monoisotopic (exact) mass is 494 g/mol. The van der Waals surface area contributed by atoms with Gasteiger partial charge in [0.15, 0.2) is 6.10 Å². The molecular weight excluding hydrogens is 444 g/mol. The topological polar surface area (TPSA) is 78.9 Å². The predicted molar refractivity (Wildman–Crippen MR) is 142 cm³/mol. The average Bonchev–Trinajstić information content (AvgIpc) is 2.85. The molecule has 3 unspecified atom stereocenters. The zero-order valence-corrected chi connectivity index (χ0v) is 24.2. The van der Waals surface area contributed by atoms with Crippen LogP contribution in [0, 0.1) is 17.3 Å². The first-order valence-electron chi connectivity index (χ1n) is 13.1. The van der Waals surface area contributed by atoms with E-state index in [-0.39, 0.29) is 30.5 Å². The molecule has 1 aromatic rings. The molecule has 0 saturated carbocycles. The van der Waals surface area contributed by atoms with E-state index in [0.29, 0.717) is 5.56 Å². The van der Waals surface area contributed by atoms with E-state index in [9.17, 15) is 14.4 Å². The van der Waals surface area contributed by atoms with E-state index in [0.717, 1.165) is 18.4 Å². The van der Waals surface area contributed by atoms with Crippen LogP contribution >= 0.6 is 0 Å². The van der Waals surface area contributed by atoms with Crippen molar-refractivity contribution in [2.24, 2.45) is 17.3 Å². The summed E-state index contributed by atoms with van der Waals surface area (Å²) in [5.74, 6) is -0.995. The van der Waals surface area contributed by atoms with Crippen LogP contribution in [0.2, 0.25) is 0 Å². The number of carbonyl (C=O) groups is 3. The van der Waals surface area contributed by atoms with Crippen molar-refractivity contribution >= 4 is 17.9 Å². The highest BCUT2D eigenvalue weighted by atomic mass is 16.6. The van der Waals surface area contributed by atoms with Crippen molar-refractivity contribution in [2.75, 3.05) is 6.61 Å². The molecule has 0 heterocycles. The lowest BCUT2D eigenvalue weighted by Crippen LogP contribution is -2.37. The zero-order chi connectivity index (χ0) is 27.8. The summed E-state index contributed by atoms with van der Waals surface area (Å²) < 4.78 is 15.7. The summed E-state index contributed by atoms with van der Waals surface area (Å²) in [5.41, 5.74) is 0.850. The van der Waals surface area contributed by atoms with Crippen molar-refractivity contribution < 1.29 is 28.6 Å². The highest BCUT2D eigenvalue weighted by Gasteiger charge is 2.37. The molecule has 0 aromatic heterocycles. The number of rotatable bonds is 11. The predicted octanol–water partition coefficient (Wildman–Crippen LogP) is 7.03. The molecule has 202 valence electrons. The molecule has 6 heteroatoms. The Bertz CT molecular complexity index is 736. The number of hydrogen-bond acceptors (Lipinski definition) is 6. The fourth-order valence-electron chi connectivity index (χ4n) is 2.75. The van der Waals surface area contributed by atoms with E-state index in [2.05, 4.69) is 0 Å². The summed E-state index contributed by atoms with van der Waals surface area (Å²) in [4.78, 5) is 36.5. The fourth-order valence-corrected chi connectivity index (χ4v) is 2.75. The third kappa shape index (κ3) is 12.2. The SMILES string of the molecule is CC.CC.CCOC(=O)C(C)OC(=O)C(C)(C)C(C)CCc1ccc(C(=O)OC(C)C(C)C)cc1. The number of esters is 3. The summed E-state index contributed by atoms with van der Waals surface area (Å²) in [6, 6.07) is 7.38. The van der Waals surface area contributed by atoms with E-state index >= 15 is 0 Å². The Morgan fingerprint density at radius 2 is 1.37 bits per heavy atom. The molecular formula is C29H50O6. The second kappa shape index (κ2) is 18.0. The molecule has 0 bridgehead atoms. The molecule has 0 aliphatic carbocycles. The van der Waals surface area contributed by atoms with Gasteiger partial charge in [0.1, 0.15) is 6.10 Å². The first-order valence-corrected chi connectivity index (χ1v) is 13.1. The number of aryl methyl sites for hydroxylation is 1. The largest absolute Gasteiger partial charge is 0.463 e. The summed E-state index contributed by atoms with van der Waals surface area (Å²) in [5, 5.41) is 0. The van der Waals surface area contributed by atoms with Crippen molar-refractivity contribution in [1.82, 2.24) is 0 Å². The Kier molecular flexibility index (Phi) is 17.9. The maximum absolute atomic E-state index is 12.6. The Balaban J connectivity index is 0. The van der Waals surface area contributed by atoms with Crippen LogP contribution in [0.1, 0.15) is 105 Å². The van der Waals surface area contributed by atoms with Crippen molar-refractivity contribution in [3.8, 4) is 0 Å². The van der Waals surface area contributed by atoms with Crippen molar-refractivity contribution in [3.05, 3.63) is 35.4 Å². The molecule has 0 N–H and O–H groups in total. The smallest absolute Gasteiger partial charge is 0.347 e. The molecule has 1 rings (SSSR count). The summed E-state index contributed by atoms with van der Waals surface area (Å²) in [6.45, 7) is 23.0. The molecule has 0 spiro atoms. The van der Waals surface area contributed by atoms with Gasteiger partial charge in [0.25, 0.3) is 0 Å². The molecule has 0 radical (unpaired) electrons. The molecule has 1 aromatic carbocycles. The van der Waals surface area contributed by atoms with Crippen LogP contribution in [0.4, 0.5) is 0 Å². The van der Waals surface area contributed by atoms with E-state index in [1.165, 1.54) is 6.92 Å². The number of ether oxygens (including phenoxy) is 3. The summed E-state index contributed by atoms with van der Waals surface area (Å²) in [7, 11) is 0. The van der Waals surface area contributed by atoms with E-state index in [1.54, 1.807) is 19.1 Å². The molecule has 0 amide bonds. The number of benzene rings is 1. The fraction of sp³-hybridized carbons (Fsp3) is 0.690. The van der Waals surface area contributed by atoms with E-state index in [4.69, 9.17) is 14.2 Å². The Morgan fingerprint density at radius 1 is 0.857 bits per heavy atom. The summed E-state index contributed by atoms with van der Waals surface area (Å²) in [6.07, 6.45) is 0.443. The van der Waals surface area contributed by atoms with Crippen LogP contribution < -0.4 is 0 Å². The van der Waals surface area contributed by atoms with Gasteiger partial charge < -0.3 is 14.2 Å². The van der Waals surface area contributed by atoms with Crippen LogP contribution in [-0.2, 0) is 30.2 Å². The Morgan fingerprint density at radius 3 is 1.83 bits per heavy atom. The Labute approximate surface area is 214 Å². The lowest BCUT2D eigenvalue weighted by Gasteiger charge is -2.30. The van der Waals surface area contributed by atoms with Crippen molar-refractivity contribution in [1.29, 1.82) is 0 Å². The quantitative estimate of drug-likeness (QED) is 0.243. The van der Waals surface area contributed by atoms with Gasteiger partial charge in [-0.15, -0.1) is 0 Å². The van der Waals surface area contributed by atoms with Gasteiger partial charge in [0.2, 0.25) is 0 Å². The molecule has 6 nitrogen and oxygen atoms in total. The van der Waals surface area contributed by atoms with Gasteiger partial charge in [-0.1, -0.05) is 60.6 Å². The van der Waals surface area contributed by atoms with Gasteiger partial charge in [-0.05, 0) is 77.0 Å². The van der Waals surface area contributed by atoms with Crippen LogP contribution in [0.15, 0.2) is 24.3 Å². The van der Waals surface area contributed by atoms with Crippen LogP contribution in [-0.4, -0.2) is 36.7 Å². The first kappa shape index (κ1) is 34.8. The average molecular weight is 495 g/mol. The maximum atomic E-state index is 12.6. The van der Waals surface area contributed by atoms with Crippen LogP contribution in [0.3, 0.4) is 0 Å². The lowest BCUT2D eigenvalue weighted by atomic mass is 9.77. The normalized spacial score (nSPS) is 13.2. The van der Waals surface area contributed by atoms with Crippen LogP contribution in [0.25, 0.3) is 0 Å². The van der Waals surface area contributed by atoms with Crippen molar-refractivity contribution in [3.63, 3.8) is 0 Å². The minimum atomic E-state index is -0.926. The van der Waals surface area contributed by atoms with Gasteiger partial charge in [-0.3, -0.25) is 4.79 Å². The highest BCUT2D eigenvalue weighted by molar-refractivity contribution is 5.89. The van der Waals surface area contributed by atoms with E-state index in [1.807, 2.05) is 81.4 Å². The molecule has 35 heavy (non-hydrogen) atoms. The van der Waals surface area contributed by atoms with Gasteiger partial charge in [-0.25, -0.2) is 9.59 Å². The van der Waals surface area contributed by atoms with Crippen molar-refractivity contribution in [2.45, 2.75) is 108 Å². The molecule has 3 atom stereocenters. The first-order chi connectivity index (χ1) is 16.4. The summed E-state index contributed by atoms with van der Waals surface area (Å²) >= 11 is 0. The maximum Gasteiger partial charge on any atom is 0.347 e. The third-order valence-electron chi connectivity index (χ3n) is 5.95. The van der Waals surface area contributed by atoms with Gasteiger partial charge in [0.05, 0.1) is 17.6 Å². The molecule has 0 saturated heterocycles. The zero-order valence-electron chi connectivity index (χ0n) is 24.2.